The number of benzene rings is 1. The maximum Gasteiger partial charge on any atom is 0.171 e. The lowest BCUT2D eigenvalue weighted by molar-refractivity contribution is 0.467. The van der Waals surface area contributed by atoms with E-state index in [2.05, 4.69) is 76.1 Å². The summed E-state index contributed by atoms with van der Waals surface area (Å²) in [4.78, 5) is 1.08. The largest absolute Gasteiger partial charge is 0.508 e. The Bertz CT molecular complexity index is 1010. The average Bonchev–Trinajstić information content (AvgIpc) is 2.87. The van der Waals surface area contributed by atoms with E-state index in [9.17, 15) is 5.11 Å². The summed E-state index contributed by atoms with van der Waals surface area (Å²) < 4.78 is 0. The summed E-state index contributed by atoms with van der Waals surface area (Å²) in [5.41, 5.74) is 2.99. The zero-order valence-electron chi connectivity index (χ0n) is 26.7. The third-order valence-corrected chi connectivity index (χ3v) is 9.45. The number of nitrogens with one attached hydrogen (secondary N) is 1. The van der Waals surface area contributed by atoms with Crippen LogP contribution in [0.2, 0.25) is 0 Å². The fourth-order valence-electron chi connectivity index (χ4n) is 4.97. The fraction of sp³-hybridized carbons (Fsp3) is 0.727. The van der Waals surface area contributed by atoms with E-state index in [1.165, 1.54) is 82.6 Å². The third-order valence-electron chi connectivity index (χ3n) is 7.10. The van der Waals surface area contributed by atoms with Crippen molar-refractivity contribution < 1.29 is 5.11 Å². The number of phenols is 1. The molecule has 0 atom stereocenters. The highest BCUT2D eigenvalue weighted by atomic mass is 32.2. The molecule has 1 aromatic carbocycles. The molecule has 0 amide bonds. The number of hydrogen-bond donors (Lipinski definition) is 2. The molecule has 2 rings (SSSR count). The van der Waals surface area contributed by atoms with Gasteiger partial charge in [0.05, 0.1) is 4.90 Å². The van der Waals surface area contributed by atoms with Crippen molar-refractivity contribution in [3.63, 3.8) is 0 Å². The number of aromatic hydroxyl groups is 1. The van der Waals surface area contributed by atoms with Crippen molar-refractivity contribution >= 4 is 35.0 Å². The van der Waals surface area contributed by atoms with Crippen LogP contribution in [0.25, 0.3) is 0 Å². The van der Waals surface area contributed by atoms with E-state index in [-0.39, 0.29) is 16.6 Å². The SMILES string of the molecule is CCCCCCCCSc1nnnc(Nc2cc(O)cc(C(C)(C)C)c2C(C)(C)C)c1SCCCCCCCC. The second kappa shape index (κ2) is 17.5. The highest BCUT2D eigenvalue weighted by Gasteiger charge is 2.29. The van der Waals surface area contributed by atoms with Gasteiger partial charge in [-0.05, 0) is 57.6 Å². The number of nitrogens with zero attached hydrogens (tertiary/aromatic N) is 3. The minimum absolute atomic E-state index is 0.116. The molecule has 5 nitrogen and oxygen atoms in total. The first-order valence-electron chi connectivity index (χ1n) is 15.6. The van der Waals surface area contributed by atoms with Crippen LogP contribution in [0.3, 0.4) is 0 Å². The van der Waals surface area contributed by atoms with Crippen LogP contribution in [0.1, 0.15) is 144 Å². The van der Waals surface area contributed by atoms with Crippen molar-refractivity contribution in [2.24, 2.45) is 0 Å². The Labute approximate surface area is 253 Å². The van der Waals surface area contributed by atoms with Gasteiger partial charge in [0.2, 0.25) is 0 Å². The summed E-state index contributed by atoms with van der Waals surface area (Å²) in [5.74, 6) is 3.09. The zero-order valence-corrected chi connectivity index (χ0v) is 28.3. The number of thioether (sulfide) groups is 2. The van der Waals surface area contributed by atoms with Crippen LogP contribution >= 0.6 is 23.5 Å². The summed E-state index contributed by atoms with van der Waals surface area (Å²) in [7, 11) is 0. The quantitative estimate of drug-likeness (QED) is 0.132. The molecule has 0 bridgehead atoms. The Kier molecular flexibility index (Phi) is 15.2. The van der Waals surface area contributed by atoms with E-state index in [0.29, 0.717) is 0 Å². The lowest BCUT2D eigenvalue weighted by Gasteiger charge is -2.32. The maximum atomic E-state index is 10.7. The number of anilines is 2. The molecule has 7 heteroatoms. The summed E-state index contributed by atoms with van der Waals surface area (Å²) in [6.07, 6.45) is 15.4. The molecule has 0 radical (unpaired) electrons. The molecule has 0 aliphatic rings. The second-order valence-electron chi connectivity index (χ2n) is 13.0. The van der Waals surface area contributed by atoms with E-state index < -0.39 is 0 Å². The molecular formula is C33H56N4OS2. The average molecular weight is 589 g/mol. The van der Waals surface area contributed by atoms with Gasteiger partial charge >= 0.3 is 0 Å². The van der Waals surface area contributed by atoms with Crippen LogP contribution in [0, 0.1) is 0 Å². The standard InChI is InChI=1S/C33H56N4OS2/c1-9-11-13-15-17-19-21-39-29-30(35-37-36-31(29)40-22-20-18-16-14-12-10-2)34-27-24-25(38)23-26(32(3,4)5)28(27)33(6,7)8/h23-24,38H,9-22H2,1-8H3,(H,34,35,36). The Hall–Kier alpha value is -1.47. The molecular weight excluding hydrogens is 533 g/mol. The number of rotatable bonds is 18. The van der Waals surface area contributed by atoms with E-state index >= 15 is 0 Å². The van der Waals surface area contributed by atoms with Crippen molar-refractivity contribution in [2.75, 3.05) is 16.8 Å². The maximum absolute atomic E-state index is 10.7. The van der Waals surface area contributed by atoms with Crippen molar-refractivity contribution in [2.45, 2.75) is 153 Å². The number of aromatic nitrogens is 3. The van der Waals surface area contributed by atoms with Crippen molar-refractivity contribution in [3.8, 4) is 5.75 Å². The van der Waals surface area contributed by atoms with Crippen LogP contribution in [0.5, 0.6) is 5.75 Å². The van der Waals surface area contributed by atoms with Crippen molar-refractivity contribution in [3.05, 3.63) is 23.3 Å². The molecule has 226 valence electrons. The van der Waals surface area contributed by atoms with Gasteiger partial charge in [-0.3, -0.25) is 0 Å². The lowest BCUT2D eigenvalue weighted by Crippen LogP contribution is -2.23. The molecule has 0 aliphatic carbocycles. The Morgan fingerprint density at radius 3 is 1.80 bits per heavy atom. The number of hydrogen-bond acceptors (Lipinski definition) is 7. The Morgan fingerprint density at radius 2 is 1.25 bits per heavy atom. The van der Waals surface area contributed by atoms with Gasteiger partial charge in [-0.2, -0.15) is 0 Å². The molecule has 2 N–H and O–H groups in total. The van der Waals surface area contributed by atoms with Crippen molar-refractivity contribution in [1.29, 1.82) is 0 Å². The molecule has 1 aromatic heterocycles. The zero-order chi connectivity index (χ0) is 29.6. The van der Waals surface area contributed by atoms with Crippen LogP contribution in [-0.4, -0.2) is 32.0 Å². The van der Waals surface area contributed by atoms with E-state index in [0.717, 1.165) is 38.5 Å². The first kappa shape index (κ1) is 34.7. The van der Waals surface area contributed by atoms with Gasteiger partial charge in [-0.25, -0.2) is 0 Å². The van der Waals surface area contributed by atoms with E-state index in [1.807, 2.05) is 23.9 Å². The minimum Gasteiger partial charge on any atom is -0.508 e. The summed E-state index contributed by atoms with van der Waals surface area (Å²) in [5, 5.41) is 28.5. The molecule has 0 spiro atoms. The van der Waals surface area contributed by atoms with E-state index in [1.54, 1.807) is 11.8 Å². The topological polar surface area (TPSA) is 70.9 Å². The molecule has 0 unspecified atom stereocenters. The first-order chi connectivity index (χ1) is 19.0. The predicted octanol–water partition coefficient (Wildman–Crippen LogP) is 10.8. The van der Waals surface area contributed by atoms with Crippen LogP contribution < -0.4 is 5.32 Å². The Morgan fingerprint density at radius 1 is 0.700 bits per heavy atom. The smallest absolute Gasteiger partial charge is 0.171 e. The molecule has 1 heterocycles. The molecule has 2 aromatic rings. The number of phenolic OH excluding ortho intramolecular Hbond substituents is 1. The summed E-state index contributed by atoms with van der Waals surface area (Å²) in [6, 6.07) is 3.75. The molecule has 0 aliphatic heterocycles. The van der Waals surface area contributed by atoms with Crippen LogP contribution in [0.15, 0.2) is 22.1 Å². The molecule has 0 saturated carbocycles. The summed E-state index contributed by atoms with van der Waals surface area (Å²) in [6.45, 7) is 17.8. The summed E-state index contributed by atoms with van der Waals surface area (Å²) >= 11 is 3.66. The van der Waals surface area contributed by atoms with Crippen LogP contribution in [0.4, 0.5) is 11.5 Å². The third kappa shape index (κ3) is 11.8. The normalized spacial score (nSPS) is 12.2. The van der Waals surface area contributed by atoms with Gasteiger partial charge in [-0.15, -0.1) is 33.7 Å². The van der Waals surface area contributed by atoms with Gasteiger partial charge in [0.25, 0.3) is 0 Å². The van der Waals surface area contributed by atoms with Crippen LogP contribution in [-0.2, 0) is 10.8 Å². The second-order valence-corrected chi connectivity index (χ2v) is 15.2. The van der Waals surface area contributed by atoms with Gasteiger partial charge < -0.3 is 10.4 Å². The molecule has 0 fully saturated rings. The van der Waals surface area contributed by atoms with Gasteiger partial charge in [0, 0.05) is 11.8 Å². The number of unbranched alkanes of at least 4 members (excludes halogenated alkanes) is 10. The van der Waals surface area contributed by atoms with Gasteiger partial charge in [0.1, 0.15) is 10.8 Å². The fourth-order valence-corrected chi connectivity index (χ4v) is 7.13. The molecule has 40 heavy (non-hydrogen) atoms. The first-order valence-corrected chi connectivity index (χ1v) is 17.6. The van der Waals surface area contributed by atoms with Gasteiger partial charge in [-0.1, -0.05) is 120 Å². The molecule has 0 saturated heterocycles. The van der Waals surface area contributed by atoms with Crippen molar-refractivity contribution in [1.82, 2.24) is 15.4 Å². The Balaban J connectivity index is 2.32. The lowest BCUT2D eigenvalue weighted by atomic mass is 9.74. The van der Waals surface area contributed by atoms with E-state index in [4.69, 9.17) is 0 Å². The van der Waals surface area contributed by atoms with Gasteiger partial charge in [0.15, 0.2) is 5.82 Å². The predicted molar refractivity (Wildman–Crippen MR) is 177 cm³/mol. The minimum atomic E-state index is -0.125. The highest BCUT2D eigenvalue weighted by molar-refractivity contribution is 8.02. The monoisotopic (exact) mass is 588 g/mol. The highest BCUT2D eigenvalue weighted by Crippen LogP contribution is 2.43.